The fourth-order valence-electron chi connectivity index (χ4n) is 2.48. The van der Waals surface area contributed by atoms with Gasteiger partial charge in [0.05, 0.1) is 16.8 Å². The van der Waals surface area contributed by atoms with E-state index >= 15 is 0 Å². The molecule has 0 aliphatic carbocycles. The van der Waals surface area contributed by atoms with E-state index in [0.717, 1.165) is 16.6 Å². The first kappa shape index (κ1) is 11.5. The Hall–Kier alpha value is -3.33. The lowest BCUT2D eigenvalue weighted by molar-refractivity contribution is 1.00. The van der Waals surface area contributed by atoms with E-state index in [1.165, 1.54) is 10.8 Å². The summed E-state index contributed by atoms with van der Waals surface area (Å²) >= 11 is 0. The van der Waals surface area contributed by atoms with E-state index in [9.17, 15) is 4.79 Å². The Morgan fingerprint density at radius 3 is 2.95 bits per heavy atom. The Morgan fingerprint density at radius 2 is 2.10 bits per heavy atom. The van der Waals surface area contributed by atoms with Crippen molar-refractivity contribution >= 4 is 22.1 Å². The molecule has 6 nitrogen and oxygen atoms in total. The molecule has 0 amide bonds. The zero-order valence-corrected chi connectivity index (χ0v) is 10.8. The van der Waals surface area contributed by atoms with Gasteiger partial charge in [-0.25, -0.2) is 14.3 Å². The molecule has 21 heavy (non-hydrogen) atoms. The average Bonchev–Trinajstić information content (AvgIpc) is 3.08. The molecule has 0 atom stereocenters. The van der Waals surface area contributed by atoms with Crippen LogP contribution in [0.4, 0.5) is 0 Å². The maximum absolute atomic E-state index is 12.2. The monoisotopic (exact) mass is 275 g/mol. The molecule has 100 valence electrons. The third-order valence-corrected chi connectivity index (χ3v) is 3.45. The minimum absolute atomic E-state index is 0.275. The van der Waals surface area contributed by atoms with Crippen LogP contribution in [-0.4, -0.2) is 19.5 Å². The molecular formula is C15H9N5O. The first-order valence-electron chi connectivity index (χ1n) is 6.35. The summed E-state index contributed by atoms with van der Waals surface area (Å²) < 4.78 is 1.50. The van der Waals surface area contributed by atoms with Gasteiger partial charge in [-0.15, -0.1) is 0 Å². The van der Waals surface area contributed by atoms with Crippen molar-refractivity contribution in [3.8, 4) is 11.8 Å². The number of aromatic nitrogens is 4. The second kappa shape index (κ2) is 4.08. The SMILES string of the molecule is N#Cc1cnc2c(c1)[nH]c(=O)n2-c1ccc2[nH]ccc2c1. The van der Waals surface area contributed by atoms with Gasteiger partial charge in [0.25, 0.3) is 0 Å². The lowest BCUT2D eigenvalue weighted by Gasteiger charge is -2.03. The summed E-state index contributed by atoms with van der Waals surface area (Å²) in [7, 11) is 0. The fourth-order valence-corrected chi connectivity index (χ4v) is 2.48. The van der Waals surface area contributed by atoms with Crippen LogP contribution in [0.2, 0.25) is 0 Å². The molecule has 4 rings (SSSR count). The molecule has 0 aliphatic rings. The van der Waals surface area contributed by atoms with Crippen molar-refractivity contribution in [1.29, 1.82) is 5.26 Å². The summed E-state index contributed by atoms with van der Waals surface area (Å²) in [5, 5.41) is 9.91. The third-order valence-electron chi connectivity index (χ3n) is 3.45. The molecule has 3 aromatic heterocycles. The highest BCUT2D eigenvalue weighted by atomic mass is 16.1. The van der Waals surface area contributed by atoms with Crippen LogP contribution in [0.1, 0.15) is 5.56 Å². The zero-order valence-electron chi connectivity index (χ0n) is 10.8. The minimum atomic E-state index is -0.275. The molecule has 1 aromatic carbocycles. The number of rotatable bonds is 1. The van der Waals surface area contributed by atoms with E-state index < -0.39 is 0 Å². The van der Waals surface area contributed by atoms with E-state index in [-0.39, 0.29) is 5.69 Å². The second-order valence-corrected chi connectivity index (χ2v) is 4.72. The molecule has 0 radical (unpaired) electrons. The molecule has 0 spiro atoms. The van der Waals surface area contributed by atoms with Crippen molar-refractivity contribution in [3.05, 3.63) is 58.8 Å². The molecule has 0 saturated carbocycles. The average molecular weight is 275 g/mol. The zero-order chi connectivity index (χ0) is 14.4. The lowest BCUT2D eigenvalue weighted by Crippen LogP contribution is -2.14. The van der Waals surface area contributed by atoms with E-state index in [1.807, 2.05) is 36.5 Å². The van der Waals surface area contributed by atoms with E-state index in [4.69, 9.17) is 5.26 Å². The quantitative estimate of drug-likeness (QED) is 0.557. The maximum Gasteiger partial charge on any atom is 0.332 e. The van der Waals surface area contributed by atoms with Gasteiger partial charge in [0, 0.05) is 23.3 Å². The van der Waals surface area contributed by atoms with Gasteiger partial charge in [-0.3, -0.25) is 0 Å². The van der Waals surface area contributed by atoms with Crippen molar-refractivity contribution in [2.75, 3.05) is 0 Å². The van der Waals surface area contributed by atoms with Crippen LogP contribution in [0, 0.1) is 11.3 Å². The normalized spacial score (nSPS) is 11.0. The van der Waals surface area contributed by atoms with Crippen LogP contribution in [0.5, 0.6) is 0 Å². The van der Waals surface area contributed by atoms with Gasteiger partial charge in [-0.1, -0.05) is 0 Å². The predicted molar refractivity (Wildman–Crippen MR) is 78.3 cm³/mol. The van der Waals surface area contributed by atoms with Crippen molar-refractivity contribution in [3.63, 3.8) is 0 Å². The highest BCUT2D eigenvalue weighted by Gasteiger charge is 2.11. The topological polar surface area (TPSA) is 90.3 Å². The summed E-state index contributed by atoms with van der Waals surface area (Å²) in [4.78, 5) is 22.2. The van der Waals surface area contributed by atoms with Gasteiger partial charge in [-0.05, 0) is 30.3 Å². The molecule has 6 heteroatoms. The molecule has 0 aliphatic heterocycles. The summed E-state index contributed by atoms with van der Waals surface area (Å²) in [6.45, 7) is 0. The Kier molecular flexibility index (Phi) is 2.23. The molecule has 2 N–H and O–H groups in total. The largest absolute Gasteiger partial charge is 0.361 e. The van der Waals surface area contributed by atoms with E-state index in [1.54, 1.807) is 6.07 Å². The number of H-pyrrole nitrogens is 2. The smallest absolute Gasteiger partial charge is 0.332 e. The van der Waals surface area contributed by atoms with Gasteiger partial charge in [0.2, 0.25) is 0 Å². The van der Waals surface area contributed by atoms with Crippen molar-refractivity contribution < 1.29 is 0 Å². The van der Waals surface area contributed by atoms with Crippen LogP contribution < -0.4 is 5.69 Å². The standard InChI is InChI=1S/C15H9N5O/c16-7-9-5-13-14(18-8-9)20(15(21)19-13)11-1-2-12-10(6-11)3-4-17-12/h1-6,8,17H,(H,19,21). The highest BCUT2D eigenvalue weighted by molar-refractivity contribution is 5.83. The predicted octanol–water partition coefficient (Wildman–Crippen LogP) is 2.07. The number of aromatic amines is 2. The second-order valence-electron chi connectivity index (χ2n) is 4.72. The molecule has 0 saturated heterocycles. The number of hydrogen-bond donors (Lipinski definition) is 2. The van der Waals surface area contributed by atoms with Crippen LogP contribution in [0.15, 0.2) is 47.5 Å². The summed E-state index contributed by atoms with van der Waals surface area (Å²) in [6.07, 6.45) is 3.31. The number of pyridine rings is 1. The van der Waals surface area contributed by atoms with Crippen LogP contribution >= 0.6 is 0 Å². The third kappa shape index (κ3) is 1.65. The van der Waals surface area contributed by atoms with Crippen molar-refractivity contribution in [2.45, 2.75) is 0 Å². The van der Waals surface area contributed by atoms with Crippen LogP contribution in [0.3, 0.4) is 0 Å². The summed E-state index contributed by atoms with van der Waals surface area (Å²) in [6, 6.07) is 11.3. The summed E-state index contributed by atoms with van der Waals surface area (Å²) in [5.41, 5.74) is 2.93. The first-order chi connectivity index (χ1) is 10.3. The highest BCUT2D eigenvalue weighted by Crippen LogP contribution is 2.19. The Morgan fingerprint density at radius 1 is 1.19 bits per heavy atom. The summed E-state index contributed by atoms with van der Waals surface area (Å²) in [5.74, 6) is 0. The molecule has 3 heterocycles. The van der Waals surface area contributed by atoms with Gasteiger partial charge >= 0.3 is 5.69 Å². The molecule has 4 aromatic rings. The minimum Gasteiger partial charge on any atom is -0.361 e. The Labute approximate surface area is 118 Å². The van der Waals surface area contributed by atoms with Gasteiger partial charge in [0.15, 0.2) is 5.65 Å². The maximum atomic E-state index is 12.2. The number of nitriles is 1. The molecule has 0 unspecified atom stereocenters. The number of hydrogen-bond acceptors (Lipinski definition) is 3. The van der Waals surface area contributed by atoms with Crippen molar-refractivity contribution in [1.82, 2.24) is 19.5 Å². The number of nitrogens with one attached hydrogen (secondary N) is 2. The van der Waals surface area contributed by atoms with Gasteiger partial charge in [0.1, 0.15) is 6.07 Å². The fraction of sp³-hybridized carbons (Fsp3) is 0. The first-order valence-corrected chi connectivity index (χ1v) is 6.35. The number of nitrogens with zero attached hydrogens (tertiary/aromatic N) is 3. The number of benzene rings is 1. The Bertz CT molecular complexity index is 1080. The van der Waals surface area contributed by atoms with E-state index in [0.29, 0.717) is 16.7 Å². The van der Waals surface area contributed by atoms with Gasteiger partial charge in [-0.2, -0.15) is 5.26 Å². The van der Waals surface area contributed by atoms with Crippen molar-refractivity contribution in [2.24, 2.45) is 0 Å². The lowest BCUT2D eigenvalue weighted by atomic mass is 10.2. The van der Waals surface area contributed by atoms with Gasteiger partial charge < -0.3 is 9.97 Å². The molecule has 0 fully saturated rings. The van der Waals surface area contributed by atoms with Crippen LogP contribution in [0.25, 0.3) is 27.8 Å². The van der Waals surface area contributed by atoms with Crippen LogP contribution in [-0.2, 0) is 0 Å². The molecular weight excluding hydrogens is 266 g/mol. The Balaban J connectivity index is 2.03. The number of fused-ring (bicyclic) bond motifs is 2. The number of imidazole rings is 1. The van der Waals surface area contributed by atoms with E-state index in [2.05, 4.69) is 15.0 Å². The molecule has 0 bridgehead atoms.